The van der Waals surface area contributed by atoms with E-state index in [2.05, 4.69) is 187 Å². The highest BCUT2D eigenvalue weighted by molar-refractivity contribution is 6.29. The Kier molecular flexibility index (Phi) is 8.42. The molecule has 0 aliphatic rings. The van der Waals surface area contributed by atoms with E-state index in [1.807, 2.05) is 36.4 Å². The molecule has 0 radical (unpaired) electrons. The van der Waals surface area contributed by atoms with Crippen LogP contribution >= 0.6 is 0 Å². The minimum Gasteiger partial charge on any atom is -0.456 e. The van der Waals surface area contributed by atoms with Gasteiger partial charge < -0.3 is 8.98 Å². The molecule has 0 aliphatic carbocycles. The third-order valence-electron chi connectivity index (χ3n) is 11.9. The van der Waals surface area contributed by atoms with E-state index in [0.29, 0.717) is 17.5 Å². The summed E-state index contributed by atoms with van der Waals surface area (Å²) in [6.45, 7) is 0. The van der Waals surface area contributed by atoms with Crippen molar-refractivity contribution < 1.29 is 4.42 Å². The fraction of sp³-hybridized carbons (Fsp3) is 0. The van der Waals surface area contributed by atoms with Gasteiger partial charge in [0.2, 0.25) is 0 Å². The van der Waals surface area contributed by atoms with Gasteiger partial charge in [0.25, 0.3) is 0 Å². The molecule has 3 aromatic heterocycles. The Balaban J connectivity index is 1.18. The third-order valence-corrected chi connectivity index (χ3v) is 11.9. The van der Waals surface area contributed by atoms with Crippen molar-refractivity contribution in [1.82, 2.24) is 19.5 Å². The van der Waals surface area contributed by atoms with Crippen LogP contribution in [0.1, 0.15) is 0 Å². The molecular weight excluding hydrogens is 757 g/mol. The highest BCUT2D eigenvalue weighted by Crippen LogP contribution is 2.47. The van der Waals surface area contributed by atoms with Crippen LogP contribution in [0.5, 0.6) is 0 Å². The van der Waals surface area contributed by atoms with Crippen LogP contribution in [0.4, 0.5) is 0 Å². The summed E-state index contributed by atoms with van der Waals surface area (Å²) >= 11 is 0. The summed E-state index contributed by atoms with van der Waals surface area (Å²) in [6, 6.07) is 76.2. The molecule has 0 saturated carbocycles. The molecule has 0 unspecified atom stereocenters. The maximum Gasteiger partial charge on any atom is 0.164 e. The van der Waals surface area contributed by atoms with E-state index in [9.17, 15) is 0 Å². The second-order valence-electron chi connectivity index (χ2n) is 15.5. The summed E-state index contributed by atoms with van der Waals surface area (Å²) in [5.41, 5.74) is 14.3. The van der Waals surface area contributed by atoms with E-state index >= 15 is 0 Å². The number of furan rings is 1. The maximum absolute atomic E-state index is 6.79. The quantitative estimate of drug-likeness (QED) is 0.161. The van der Waals surface area contributed by atoms with E-state index in [4.69, 9.17) is 19.4 Å². The molecule has 3 heterocycles. The molecule has 12 rings (SSSR count). The number of fused-ring (bicyclic) bond motifs is 7. The summed E-state index contributed by atoms with van der Waals surface area (Å²) in [5, 5.41) is 4.44. The van der Waals surface area contributed by atoms with Gasteiger partial charge in [0.05, 0.1) is 11.0 Å². The largest absolute Gasteiger partial charge is 0.456 e. The van der Waals surface area contributed by atoms with Crippen LogP contribution in [0.15, 0.2) is 223 Å². The van der Waals surface area contributed by atoms with Crippen molar-refractivity contribution in [2.45, 2.75) is 0 Å². The molecule has 5 nitrogen and oxygen atoms in total. The Morgan fingerprint density at radius 2 is 0.855 bits per heavy atom. The molecule has 0 N–H and O–H groups in total. The van der Waals surface area contributed by atoms with Crippen molar-refractivity contribution in [1.29, 1.82) is 0 Å². The van der Waals surface area contributed by atoms with Gasteiger partial charge in [0, 0.05) is 43.9 Å². The average Bonchev–Trinajstić information content (AvgIpc) is 3.91. The fourth-order valence-electron chi connectivity index (χ4n) is 9.11. The molecule has 290 valence electrons. The lowest BCUT2D eigenvalue weighted by Crippen LogP contribution is -2.01. The topological polar surface area (TPSA) is 56.7 Å². The van der Waals surface area contributed by atoms with Gasteiger partial charge in [0.15, 0.2) is 17.5 Å². The zero-order valence-electron chi connectivity index (χ0n) is 33.5. The lowest BCUT2D eigenvalue weighted by Gasteiger charge is -2.16. The molecule has 12 aromatic rings. The Bertz CT molecular complexity index is 3560. The van der Waals surface area contributed by atoms with Crippen molar-refractivity contribution in [3.05, 3.63) is 218 Å². The zero-order chi connectivity index (χ0) is 41.0. The second-order valence-corrected chi connectivity index (χ2v) is 15.5. The van der Waals surface area contributed by atoms with Gasteiger partial charge in [-0.25, -0.2) is 15.0 Å². The molecule has 0 saturated heterocycles. The van der Waals surface area contributed by atoms with Crippen LogP contribution in [-0.4, -0.2) is 19.5 Å². The van der Waals surface area contributed by atoms with Crippen molar-refractivity contribution in [3.63, 3.8) is 0 Å². The van der Waals surface area contributed by atoms with Gasteiger partial charge in [-0.05, 0) is 75.8 Å². The molecule has 0 fully saturated rings. The van der Waals surface area contributed by atoms with Crippen molar-refractivity contribution in [2.75, 3.05) is 0 Å². The predicted molar refractivity (Wildman–Crippen MR) is 254 cm³/mol. The molecule has 0 spiro atoms. The summed E-state index contributed by atoms with van der Waals surface area (Å²) in [4.78, 5) is 15.7. The van der Waals surface area contributed by atoms with Crippen LogP contribution in [0.3, 0.4) is 0 Å². The number of hydrogen-bond donors (Lipinski definition) is 0. The first kappa shape index (κ1) is 35.5. The number of para-hydroxylation sites is 2. The zero-order valence-corrected chi connectivity index (χ0v) is 33.5. The third kappa shape index (κ3) is 5.90. The predicted octanol–water partition coefficient (Wildman–Crippen LogP) is 14.9. The number of rotatable bonds is 7. The standard InChI is InChI=1S/C57H36N4O/c1-5-18-37(19-6-1)42-26-13-14-27-43(42)40-32-33-44(47(36-40)57-59-55(38-20-7-2-8-21-38)58-56(60-57)39-22-9-3-10-23-39)45-29-17-31-50-53(45)54-51(62-50)35-34-49-52(54)46-28-15-16-30-48(46)61(49)41-24-11-4-12-25-41/h1-36H. The fourth-order valence-corrected chi connectivity index (χ4v) is 9.11. The molecule has 0 atom stereocenters. The first-order chi connectivity index (χ1) is 30.8. The molecule has 0 aliphatic heterocycles. The van der Waals surface area contributed by atoms with Crippen LogP contribution in [0.25, 0.3) is 117 Å². The SMILES string of the molecule is c1ccc(-c2nc(-c3ccccc3)nc(-c3cc(-c4ccccc4-c4ccccc4)ccc3-c3cccc4oc5ccc6c(c7ccccc7n6-c6ccccc6)c5c34)n2)cc1. The maximum atomic E-state index is 6.79. The number of nitrogens with zero attached hydrogens (tertiary/aromatic N) is 4. The van der Waals surface area contributed by atoms with Gasteiger partial charge in [-0.2, -0.15) is 0 Å². The van der Waals surface area contributed by atoms with E-state index in [1.54, 1.807) is 0 Å². The van der Waals surface area contributed by atoms with Crippen LogP contribution in [0, 0.1) is 0 Å². The lowest BCUT2D eigenvalue weighted by atomic mass is 9.89. The van der Waals surface area contributed by atoms with E-state index in [1.165, 1.54) is 5.39 Å². The van der Waals surface area contributed by atoms with Crippen LogP contribution in [0.2, 0.25) is 0 Å². The Hall–Kier alpha value is -8.41. The van der Waals surface area contributed by atoms with Crippen LogP contribution in [-0.2, 0) is 0 Å². The summed E-state index contributed by atoms with van der Waals surface area (Å²) in [7, 11) is 0. The molecule has 5 heteroatoms. The minimum atomic E-state index is 0.586. The molecular formula is C57H36N4O. The van der Waals surface area contributed by atoms with E-state index in [-0.39, 0.29) is 0 Å². The van der Waals surface area contributed by atoms with Crippen molar-refractivity contribution in [2.24, 2.45) is 0 Å². The van der Waals surface area contributed by atoms with Crippen molar-refractivity contribution >= 4 is 43.7 Å². The summed E-state index contributed by atoms with van der Waals surface area (Å²) in [5.74, 6) is 1.80. The summed E-state index contributed by atoms with van der Waals surface area (Å²) < 4.78 is 9.15. The Morgan fingerprint density at radius 1 is 0.306 bits per heavy atom. The van der Waals surface area contributed by atoms with Gasteiger partial charge in [-0.3, -0.25) is 0 Å². The van der Waals surface area contributed by atoms with Crippen molar-refractivity contribution in [3.8, 4) is 73.2 Å². The Labute approximate surface area is 357 Å². The average molecular weight is 793 g/mol. The van der Waals surface area contributed by atoms with Gasteiger partial charge in [-0.1, -0.05) is 176 Å². The van der Waals surface area contributed by atoms with Gasteiger partial charge in [-0.15, -0.1) is 0 Å². The molecule has 62 heavy (non-hydrogen) atoms. The van der Waals surface area contributed by atoms with Crippen LogP contribution < -0.4 is 0 Å². The summed E-state index contributed by atoms with van der Waals surface area (Å²) in [6.07, 6.45) is 0. The highest BCUT2D eigenvalue weighted by Gasteiger charge is 2.24. The van der Waals surface area contributed by atoms with Gasteiger partial charge in [0.1, 0.15) is 11.2 Å². The normalized spacial score (nSPS) is 11.5. The van der Waals surface area contributed by atoms with E-state index in [0.717, 1.165) is 94.1 Å². The highest BCUT2D eigenvalue weighted by atomic mass is 16.3. The first-order valence-electron chi connectivity index (χ1n) is 20.9. The number of aromatic nitrogens is 4. The van der Waals surface area contributed by atoms with Gasteiger partial charge >= 0.3 is 0 Å². The lowest BCUT2D eigenvalue weighted by molar-refractivity contribution is 0.669. The monoisotopic (exact) mass is 792 g/mol. The number of benzene rings is 9. The molecule has 0 bridgehead atoms. The Morgan fingerprint density at radius 3 is 1.55 bits per heavy atom. The molecule has 0 amide bonds. The second kappa shape index (κ2) is 14.7. The smallest absolute Gasteiger partial charge is 0.164 e. The van der Waals surface area contributed by atoms with E-state index < -0.39 is 0 Å². The first-order valence-corrected chi connectivity index (χ1v) is 20.9. The molecule has 9 aromatic carbocycles. The minimum absolute atomic E-state index is 0.586. The number of hydrogen-bond acceptors (Lipinski definition) is 4.